The van der Waals surface area contributed by atoms with Crippen LogP contribution in [0.3, 0.4) is 0 Å². The molecule has 1 saturated heterocycles. The Bertz CT molecular complexity index is 1020. The van der Waals surface area contributed by atoms with Crippen LogP contribution in [0.25, 0.3) is 5.57 Å². The third-order valence-electron chi connectivity index (χ3n) is 6.36. The summed E-state index contributed by atoms with van der Waals surface area (Å²) >= 11 is 12.1. The highest BCUT2D eigenvalue weighted by Crippen LogP contribution is 2.30. The molecule has 176 valence electrons. The Morgan fingerprint density at radius 2 is 1.91 bits per heavy atom. The number of nitrogens with one attached hydrogen (secondary N) is 1. The predicted octanol–water partition coefficient (Wildman–Crippen LogP) is 5.04. The van der Waals surface area contributed by atoms with Gasteiger partial charge in [0.2, 0.25) is 5.91 Å². The van der Waals surface area contributed by atoms with Gasteiger partial charge in [0.05, 0.1) is 29.1 Å². The number of aliphatic hydroxyl groups excluding tert-OH is 1. The molecule has 0 aliphatic carbocycles. The second-order valence-electron chi connectivity index (χ2n) is 8.85. The third-order valence-corrected chi connectivity index (χ3v) is 7.10. The molecule has 2 aromatic rings. The van der Waals surface area contributed by atoms with Gasteiger partial charge in [-0.15, -0.1) is 0 Å². The zero-order chi connectivity index (χ0) is 23.4. The molecule has 0 spiro atoms. The monoisotopic (exact) mass is 488 g/mol. The Hall–Kier alpha value is -2.05. The van der Waals surface area contributed by atoms with E-state index in [4.69, 9.17) is 27.9 Å². The van der Waals surface area contributed by atoms with E-state index < -0.39 is 12.1 Å². The number of aryl methyl sites for hydroxylation is 1. The van der Waals surface area contributed by atoms with Crippen LogP contribution < -0.4 is 10.1 Å². The van der Waals surface area contributed by atoms with Crippen molar-refractivity contribution in [3.8, 4) is 5.75 Å². The van der Waals surface area contributed by atoms with E-state index in [2.05, 4.69) is 16.8 Å². The van der Waals surface area contributed by atoms with Crippen LogP contribution in [0.15, 0.2) is 43.0 Å². The molecule has 2 aliphatic rings. The standard InChI is InChI=1S/C26H30Cl2N2O3/c1-17(19-8-9-21(27)22(28)14-19)13-25(31)29-23(16-30-10-2-3-11-30)26(32)20-7-6-18-5-4-12-33-24(18)15-20/h6-9,14-15,23,26,32H,1-5,10-13,16H2,(H,29,31)/t23-,26-/m1/s1. The van der Waals surface area contributed by atoms with Crippen molar-refractivity contribution in [2.45, 2.75) is 44.2 Å². The quantitative estimate of drug-likeness (QED) is 0.546. The Balaban J connectivity index is 1.47. The zero-order valence-corrected chi connectivity index (χ0v) is 20.2. The van der Waals surface area contributed by atoms with Crippen LogP contribution in [-0.4, -0.2) is 48.2 Å². The van der Waals surface area contributed by atoms with E-state index in [9.17, 15) is 9.90 Å². The number of aliphatic hydroxyl groups is 1. The highest BCUT2D eigenvalue weighted by Gasteiger charge is 2.28. The Labute approximate surface area is 205 Å². The van der Waals surface area contributed by atoms with Crippen molar-refractivity contribution >= 4 is 34.7 Å². The maximum absolute atomic E-state index is 12.9. The molecule has 7 heteroatoms. The van der Waals surface area contributed by atoms with Crippen molar-refractivity contribution in [2.24, 2.45) is 0 Å². The van der Waals surface area contributed by atoms with E-state index in [-0.39, 0.29) is 12.3 Å². The number of amides is 1. The van der Waals surface area contributed by atoms with Crippen molar-refractivity contribution < 1.29 is 14.6 Å². The molecule has 2 aliphatic heterocycles. The first kappa shape index (κ1) is 24.1. The molecule has 2 aromatic carbocycles. The third kappa shape index (κ3) is 6.10. The van der Waals surface area contributed by atoms with E-state index in [1.807, 2.05) is 18.2 Å². The van der Waals surface area contributed by atoms with Gasteiger partial charge in [0.25, 0.3) is 0 Å². The van der Waals surface area contributed by atoms with Gasteiger partial charge >= 0.3 is 0 Å². The van der Waals surface area contributed by atoms with Crippen LogP contribution in [0.4, 0.5) is 0 Å². The van der Waals surface area contributed by atoms with Crippen LogP contribution in [0, 0.1) is 0 Å². The summed E-state index contributed by atoms with van der Waals surface area (Å²) in [6.07, 6.45) is 3.52. The summed E-state index contributed by atoms with van der Waals surface area (Å²) in [6, 6.07) is 10.6. The van der Waals surface area contributed by atoms with Crippen molar-refractivity contribution in [1.29, 1.82) is 0 Å². The number of fused-ring (bicyclic) bond motifs is 1. The van der Waals surface area contributed by atoms with Gasteiger partial charge in [-0.1, -0.05) is 48.0 Å². The molecular weight excluding hydrogens is 459 g/mol. The summed E-state index contributed by atoms with van der Waals surface area (Å²) in [5.74, 6) is 0.639. The highest BCUT2D eigenvalue weighted by atomic mass is 35.5. The fraction of sp³-hybridized carbons (Fsp3) is 0.423. The van der Waals surface area contributed by atoms with Crippen molar-refractivity contribution in [1.82, 2.24) is 10.2 Å². The highest BCUT2D eigenvalue weighted by molar-refractivity contribution is 6.42. The number of likely N-dealkylation sites (tertiary alicyclic amines) is 1. The smallest absolute Gasteiger partial charge is 0.224 e. The number of nitrogens with zero attached hydrogens (tertiary/aromatic N) is 1. The number of rotatable bonds is 8. The number of halogens is 2. The van der Waals surface area contributed by atoms with Gasteiger partial charge < -0.3 is 20.1 Å². The van der Waals surface area contributed by atoms with Crippen molar-refractivity contribution in [2.75, 3.05) is 26.2 Å². The van der Waals surface area contributed by atoms with Gasteiger partial charge in [0, 0.05) is 6.54 Å². The normalized spacial score (nSPS) is 17.7. The van der Waals surface area contributed by atoms with Crippen molar-refractivity contribution in [3.63, 3.8) is 0 Å². The second kappa shape index (κ2) is 10.9. The van der Waals surface area contributed by atoms with E-state index in [1.165, 1.54) is 0 Å². The van der Waals surface area contributed by atoms with Crippen LogP contribution in [-0.2, 0) is 11.2 Å². The molecular formula is C26H30Cl2N2O3. The predicted molar refractivity (Wildman–Crippen MR) is 133 cm³/mol. The lowest BCUT2D eigenvalue weighted by Crippen LogP contribution is -2.46. The molecule has 0 saturated carbocycles. The van der Waals surface area contributed by atoms with Crippen molar-refractivity contribution in [3.05, 3.63) is 69.7 Å². The molecule has 0 radical (unpaired) electrons. The minimum Gasteiger partial charge on any atom is -0.493 e. The lowest BCUT2D eigenvalue weighted by Gasteiger charge is -2.29. The van der Waals surface area contributed by atoms with Gasteiger partial charge in [0.1, 0.15) is 11.9 Å². The van der Waals surface area contributed by atoms with Crippen LogP contribution in [0.1, 0.15) is 48.5 Å². The summed E-state index contributed by atoms with van der Waals surface area (Å²) in [7, 11) is 0. The second-order valence-corrected chi connectivity index (χ2v) is 9.67. The van der Waals surface area contributed by atoms with Gasteiger partial charge in [-0.25, -0.2) is 0 Å². The molecule has 0 bridgehead atoms. The molecule has 2 heterocycles. The molecule has 1 fully saturated rings. The van der Waals surface area contributed by atoms with Gasteiger partial charge in [-0.05, 0) is 79.2 Å². The average molecular weight is 489 g/mol. The lowest BCUT2D eigenvalue weighted by molar-refractivity contribution is -0.121. The molecule has 2 N–H and O–H groups in total. The fourth-order valence-corrected chi connectivity index (χ4v) is 4.81. The lowest BCUT2D eigenvalue weighted by atomic mass is 9.97. The molecule has 4 rings (SSSR count). The van der Waals surface area contributed by atoms with Gasteiger partial charge in [0.15, 0.2) is 0 Å². The van der Waals surface area contributed by atoms with E-state index in [0.29, 0.717) is 28.8 Å². The largest absolute Gasteiger partial charge is 0.493 e. The Morgan fingerprint density at radius 1 is 1.12 bits per heavy atom. The number of carbonyl (C=O) groups is 1. The summed E-state index contributed by atoms with van der Waals surface area (Å²) < 4.78 is 5.79. The zero-order valence-electron chi connectivity index (χ0n) is 18.7. The van der Waals surface area contributed by atoms with E-state index in [1.54, 1.807) is 18.2 Å². The first-order chi connectivity index (χ1) is 15.9. The molecule has 2 atom stereocenters. The molecule has 0 aromatic heterocycles. The molecule has 0 unspecified atom stereocenters. The van der Waals surface area contributed by atoms with Gasteiger partial charge in [-0.2, -0.15) is 0 Å². The maximum Gasteiger partial charge on any atom is 0.224 e. The fourth-order valence-electron chi connectivity index (χ4n) is 4.51. The van der Waals surface area contributed by atoms with Crippen LogP contribution in [0.5, 0.6) is 5.75 Å². The summed E-state index contributed by atoms with van der Waals surface area (Å²) in [6.45, 7) is 7.27. The molecule has 1 amide bonds. The number of carbonyl (C=O) groups excluding carboxylic acids is 1. The summed E-state index contributed by atoms with van der Waals surface area (Å²) in [5, 5.41) is 15.2. The minimum absolute atomic E-state index is 0.106. The van der Waals surface area contributed by atoms with E-state index in [0.717, 1.165) is 61.2 Å². The topological polar surface area (TPSA) is 61.8 Å². The molecule has 5 nitrogen and oxygen atoms in total. The van der Waals surface area contributed by atoms with E-state index >= 15 is 0 Å². The van der Waals surface area contributed by atoms with Gasteiger partial charge in [-0.3, -0.25) is 4.79 Å². The van der Waals surface area contributed by atoms with Crippen LogP contribution in [0.2, 0.25) is 10.0 Å². The molecule has 33 heavy (non-hydrogen) atoms. The number of benzene rings is 2. The number of ether oxygens (including phenoxy) is 1. The minimum atomic E-state index is -0.844. The van der Waals surface area contributed by atoms with Crippen LogP contribution >= 0.6 is 23.2 Å². The first-order valence-electron chi connectivity index (χ1n) is 11.5. The Kier molecular flexibility index (Phi) is 7.97. The summed E-state index contributed by atoms with van der Waals surface area (Å²) in [5.41, 5.74) is 3.32. The SMILES string of the molecule is C=C(CC(=O)N[C@H](CN1CCCC1)[C@H](O)c1ccc2c(c1)OCCC2)c1ccc(Cl)c(Cl)c1. The first-order valence-corrected chi connectivity index (χ1v) is 12.2. The Morgan fingerprint density at radius 3 is 2.67 bits per heavy atom. The maximum atomic E-state index is 12.9. The average Bonchev–Trinajstić information content (AvgIpc) is 3.32. The number of hydrogen-bond acceptors (Lipinski definition) is 4. The summed E-state index contributed by atoms with van der Waals surface area (Å²) in [4.78, 5) is 15.2. The number of hydrogen-bond donors (Lipinski definition) is 2.